The van der Waals surface area contributed by atoms with Crippen LogP contribution >= 0.6 is 0 Å². The third-order valence-electron chi connectivity index (χ3n) is 5.68. The fourth-order valence-corrected chi connectivity index (χ4v) is 5.09. The Hall–Kier alpha value is -3.08. The quantitative estimate of drug-likeness (QED) is 0.568. The maximum Gasteiger partial charge on any atom is 0.573 e. The average Bonchev–Trinajstić information content (AvgIpc) is 3.43. The lowest BCUT2D eigenvalue weighted by atomic mass is 10.1. The molecule has 0 unspecified atom stereocenters. The van der Waals surface area contributed by atoms with Crippen molar-refractivity contribution in [3.63, 3.8) is 0 Å². The summed E-state index contributed by atoms with van der Waals surface area (Å²) in [6, 6.07) is 7.12. The van der Waals surface area contributed by atoms with Crippen LogP contribution in [0.1, 0.15) is 47.2 Å². The number of nitrogens with zero attached hydrogens (tertiary/aromatic N) is 3. The molecule has 0 N–H and O–H groups in total. The Morgan fingerprint density at radius 2 is 1.94 bits per heavy atom. The molecule has 3 aromatic rings. The summed E-state index contributed by atoms with van der Waals surface area (Å²) in [7, 11) is -3.78. The summed E-state index contributed by atoms with van der Waals surface area (Å²) in [5.74, 6) is -0.991. The molecule has 2 aromatic heterocycles. The van der Waals surface area contributed by atoms with Crippen molar-refractivity contribution >= 4 is 27.2 Å². The van der Waals surface area contributed by atoms with E-state index >= 15 is 0 Å². The second-order valence-electron chi connectivity index (χ2n) is 7.87. The minimum Gasteiger partial charge on any atom is -0.406 e. The Morgan fingerprint density at radius 3 is 2.59 bits per heavy atom. The first-order valence-electron chi connectivity index (χ1n) is 10.0. The van der Waals surface area contributed by atoms with Gasteiger partial charge in [-0.2, -0.15) is 0 Å². The van der Waals surface area contributed by atoms with E-state index in [4.69, 9.17) is 0 Å². The van der Waals surface area contributed by atoms with E-state index in [0.717, 1.165) is 30.5 Å². The molecule has 0 spiro atoms. The van der Waals surface area contributed by atoms with E-state index in [1.807, 2.05) is 6.07 Å². The Bertz CT molecular complexity index is 1360. The minimum atomic E-state index is -4.89. The SMILES string of the molecule is CCS(=O)(=O)c1c(N2Cc3ccc(OC(F)(F)F)cc3C2=O)nc2ccc(C3CC3)cn12. The Balaban J connectivity index is 1.61. The molecule has 0 bridgehead atoms. The highest BCUT2D eigenvalue weighted by Gasteiger charge is 2.37. The van der Waals surface area contributed by atoms with E-state index in [2.05, 4.69) is 9.72 Å². The molecule has 1 fully saturated rings. The third-order valence-corrected chi connectivity index (χ3v) is 7.41. The van der Waals surface area contributed by atoms with E-state index in [1.165, 1.54) is 22.3 Å². The number of ether oxygens (including phenoxy) is 1. The predicted octanol–water partition coefficient (Wildman–Crippen LogP) is 4.06. The zero-order valence-electron chi connectivity index (χ0n) is 16.9. The Labute approximate surface area is 181 Å². The molecule has 0 atom stereocenters. The molecular weight excluding hydrogens is 447 g/mol. The standard InChI is InChI=1S/C21H18F3N3O4S/c1-2-32(29,30)20-18(25-17-8-6-13(10-26(17)20)12-3-4-12)27-11-14-5-7-15(31-21(22,23)24)9-16(14)19(27)28/h5-10,12H,2-4,11H2,1H3. The number of fused-ring (bicyclic) bond motifs is 2. The van der Waals surface area contributed by atoms with Gasteiger partial charge in [0.1, 0.15) is 11.4 Å². The number of amides is 1. The lowest BCUT2D eigenvalue weighted by Gasteiger charge is -2.15. The third kappa shape index (κ3) is 3.50. The van der Waals surface area contributed by atoms with E-state index in [0.29, 0.717) is 17.1 Å². The number of aromatic nitrogens is 2. The molecule has 1 saturated carbocycles. The number of sulfone groups is 1. The molecule has 0 saturated heterocycles. The largest absolute Gasteiger partial charge is 0.573 e. The summed E-state index contributed by atoms with van der Waals surface area (Å²) >= 11 is 0. The van der Waals surface area contributed by atoms with Crippen LogP contribution in [-0.4, -0.2) is 35.8 Å². The van der Waals surface area contributed by atoms with Crippen molar-refractivity contribution < 1.29 is 31.1 Å². The molecule has 11 heteroatoms. The van der Waals surface area contributed by atoms with Crippen LogP contribution in [0.5, 0.6) is 5.75 Å². The highest BCUT2D eigenvalue weighted by Crippen LogP contribution is 2.41. The van der Waals surface area contributed by atoms with Crippen LogP contribution in [0, 0.1) is 0 Å². The number of halogens is 3. The van der Waals surface area contributed by atoms with Crippen molar-refractivity contribution in [2.75, 3.05) is 10.7 Å². The fourth-order valence-electron chi connectivity index (χ4n) is 3.94. The first-order chi connectivity index (χ1) is 15.1. The maximum atomic E-state index is 13.1. The van der Waals surface area contributed by atoms with Gasteiger partial charge in [0, 0.05) is 11.8 Å². The second kappa shape index (κ2) is 6.96. The number of anilines is 1. The van der Waals surface area contributed by atoms with Gasteiger partial charge in [0.2, 0.25) is 0 Å². The van der Waals surface area contributed by atoms with Gasteiger partial charge in [-0.3, -0.25) is 14.1 Å². The van der Waals surface area contributed by atoms with Crippen molar-refractivity contribution in [1.29, 1.82) is 0 Å². The molecular formula is C21H18F3N3O4S. The van der Waals surface area contributed by atoms with Gasteiger partial charge in [-0.1, -0.05) is 19.1 Å². The minimum absolute atomic E-state index is 0.00787. The van der Waals surface area contributed by atoms with Gasteiger partial charge in [0.25, 0.3) is 5.91 Å². The smallest absolute Gasteiger partial charge is 0.406 e. The number of imidazole rings is 1. The molecule has 32 heavy (non-hydrogen) atoms. The number of benzene rings is 1. The molecule has 7 nitrogen and oxygen atoms in total. The van der Waals surface area contributed by atoms with Crippen LogP contribution in [-0.2, 0) is 16.4 Å². The van der Waals surface area contributed by atoms with E-state index in [-0.39, 0.29) is 28.7 Å². The van der Waals surface area contributed by atoms with Crippen LogP contribution in [0.4, 0.5) is 19.0 Å². The molecule has 3 heterocycles. The van der Waals surface area contributed by atoms with Gasteiger partial charge in [-0.05, 0) is 48.1 Å². The van der Waals surface area contributed by atoms with Crippen LogP contribution in [0.15, 0.2) is 41.6 Å². The van der Waals surface area contributed by atoms with Crippen molar-refractivity contribution in [2.24, 2.45) is 0 Å². The van der Waals surface area contributed by atoms with Crippen molar-refractivity contribution in [1.82, 2.24) is 9.38 Å². The van der Waals surface area contributed by atoms with Crippen LogP contribution in [0.3, 0.4) is 0 Å². The molecule has 2 aliphatic rings. The van der Waals surface area contributed by atoms with E-state index < -0.39 is 27.9 Å². The predicted molar refractivity (Wildman–Crippen MR) is 109 cm³/mol. The van der Waals surface area contributed by atoms with Crippen LogP contribution in [0.2, 0.25) is 0 Å². The van der Waals surface area contributed by atoms with Gasteiger partial charge in [-0.15, -0.1) is 13.2 Å². The fraction of sp³-hybridized carbons (Fsp3) is 0.333. The van der Waals surface area contributed by atoms with Gasteiger partial charge < -0.3 is 4.74 Å². The normalized spacial score (nSPS) is 16.6. The molecule has 1 aromatic carbocycles. The number of carbonyl (C=O) groups excluding carboxylic acids is 1. The summed E-state index contributed by atoms with van der Waals surface area (Å²) in [4.78, 5) is 18.7. The van der Waals surface area contributed by atoms with Crippen LogP contribution in [0.25, 0.3) is 5.65 Å². The maximum absolute atomic E-state index is 13.1. The number of hydrogen-bond acceptors (Lipinski definition) is 5. The Morgan fingerprint density at radius 1 is 1.19 bits per heavy atom. The van der Waals surface area contributed by atoms with Gasteiger partial charge in [0.05, 0.1) is 12.3 Å². The van der Waals surface area contributed by atoms with Crippen molar-refractivity contribution in [3.05, 3.63) is 53.2 Å². The summed E-state index contributed by atoms with van der Waals surface area (Å²) in [6.07, 6.45) is -1.08. The molecule has 168 valence electrons. The van der Waals surface area contributed by atoms with Gasteiger partial charge in [-0.25, -0.2) is 13.4 Å². The summed E-state index contributed by atoms with van der Waals surface area (Å²) < 4.78 is 69.1. The van der Waals surface area contributed by atoms with E-state index in [9.17, 15) is 26.4 Å². The van der Waals surface area contributed by atoms with Crippen molar-refractivity contribution in [3.8, 4) is 5.75 Å². The molecule has 1 aliphatic heterocycles. The average molecular weight is 465 g/mol. The summed E-state index contributed by atoms with van der Waals surface area (Å²) in [6.45, 7) is 1.50. The number of pyridine rings is 1. The zero-order chi connectivity index (χ0) is 22.8. The van der Waals surface area contributed by atoms with Crippen molar-refractivity contribution in [2.45, 2.75) is 43.6 Å². The molecule has 5 rings (SSSR count). The lowest BCUT2D eigenvalue weighted by Crippen LogP contribution is -2.26. The Kier molecular flexibility index (Phi) is 4.52. The molecule has 1 amide bonds. The second-order valence-corrected chi connectivity index (χ2v) is 10.1. The number of rotatable bonds is 5. The molecule has 0 radical (unpaired) electrons. The number of carbonyl (C=O) groups is 1. The topological polar surface area (TPSA) is 81.0 Å². The van der Waals surface area contributed by atoms with Crippen LogP contribution < -0.4 is 9.64 Å². The van der Waals surface area contributed by atoms with Gasteiger partial charge in [0.15, 0.2) is 20.7 Å². The highest BCUT2D eigenvalue weighted by molar-refractivity contribution is 7.91. The monoisotopic (exact) mass is 465 g/mol. The number of hydrogen-bond donors (Lipinski definition) is 0. The number of alkyl halides is 3. The highest BCUT2D eigenvalue weighted by atomic mass is 32.2. The molecule has 1 aliphatic carbocycles. The zero-order valence-corrected chi connectivity index (χ0v) is 17.7. The van der Waals surface area contributed by atoms with Gasteiger partial charge >= 0.3 is 6.36 Å². The summed E-state index contributed by atoms with van der Waals surface area (Å²) in [5.41, 5.74) is 1.85. The first-order valence-corrected chi connectivity index (χ1v) is 11.7. The first kappa shape index (κ1) is 20.8. The van der Waals surface area contributed by atoms with E-state index in [1.54, 1.807) is 12.3 Å². The lowest BCUT2D eigenvalue weighted by molar-refractivity contribution is -0.274. The summed E-state index contributed by atoms with van der Waals surface area (Å²) in [5, 5.41) is -0.0922.